The van der Waals surface area contributed by atoms with Crippen molar-refractivity contribution in [3.05, 3.63) is 87.7 Å². The molecule has 0 radical (unpaired) electrons. The van der Waals surface area contributed by atoms with Gasteiger partial charge in [0.1, 0.15) is 5.82 Å². The summed E-state index contributed by atoms with van der Waals surface area (Å²) < 4.78 is 52.7. The molecule has 3 aromatic carbocycles. The Labute approximate surface area is 193 Å². The molecule has 5 nitrogen and oxygen atoms in total. The largest absolute Gasteiger partial charge is 0.493 e. The number of fused-ring (bicyclic) bond motifs is 1. The van der Waals surface area contributed by atoms with Crippen LogP contribution in [0.5, 0.6) is 11.5 Å². The highest BCUT2D eigenvalue weighted by molar-refractivity contribution is 6.31. The van der Waals surface area contributed by atoms with Crippen LogP contribution >= 0.6 is 11.6 Å². The van der Waals surface area contributed by atoms with Gasteiger partial charge >= 0.3 is 6.03 Å². The van der Waals surface area contributed by atoms with Crippen molar-refractivity contribution < 1.29 is 27.4 Å². The normalized spacial score (nSPS) is 15.1. The van der Waals surface area contributed by atoms with E-state index in [9.17, 15) is 13.6 Å². The van der Waals surface area contributed by atoms with Crippen LogP contribution in [0.1, 0.15) is 22.7 Å². The summed E-state index contributed by atoms with van der Waals surface area (Å²) in [6.45, 7) is 0.216. The van der Waals surface area contributed by atoms with Crippen molar-refractivity contribution in [1.29, 1.82) is 0 Å². The maximum absolute atomic E-state index is 15.0. The smallest absolute Gasteiger partial charge is 0.322 e. The predicted molar refractivity (Wildman–Crippen MR) is 119 cm³/mol. The number of amides is 2. The van der Waals surface area contributed by atoms with Crippen LogP contribution in [0.4, 0.5) is 23.7 Å². The molecule has 0 saturated heterocycles. The van der Waals surface area contributed by atoms with Gasteiger partial charge < -0.3 is 19.7 Å². The van der Waals surface area contributed by atoms with Crippen LogP contribution in [-0.4, -0.2) is 31.7 Å². The molecule has 1 N–H and O–H groups in total. The van der Waals surface area contributed by atoms with Crippen LogP contribution in [-0.2, 0) is 6.42 Å². The van der Waals surface area contributed by atoms with Gasteiger partial charge in [-0.1, -0.05) is 17.7 Å². The molecule has 1 atom stereocenters. The van der Waals surface area contributed by atoms with Crippen molar-refractivity contribution in [3.63, 3.8) is 0 Å². The van der Waals surface area contributed by atoms with Crippen LogP contribution in [0.2, 0.25) is 5.02 Å². The van der Waals surface area contributed by atoms with Crippen LogP contribution in [0.15, 0.2) is 48.5 Å². The number of carbonyl (C=O) groups excluding carboxylic acids is 1. The monoisotopic (exact) mass is 476 g/mol. The van der Waals surface area contributed by atoms with Crippen LogP contribution in [0.25, 0.3) is 0 Å². The van der Waals surface area contributed by atoms with E-state index in [2.05, 4.69) is 5.32 Å². The number of rotatable bonds is 4. The zero-order valence-electron chi connectivity index (χ0n) is 17.8. The summed E-state index contributed by atoms with van der Waals surface area (Å²) in [5.74, 6) is -1.79. The van der Waals surface area contributed by atoms with E-state index in [1.165, 1.54) is 37.3 Å². The Morgan fingerprint density at radius 3 is 2.39 bits per heavy atom. The number of carbonyl (C=O) groups is 1. The van der Waals surface area contributed by atoms with Crippen molar-refractivity contribution in [1.82, 2.24) is 4.90 Å². The van der Waals surface area contributed by atoms with Gasteiger partial charge in [-0.2, -0.15) is 0 Å². The van der Waals surface area contributed by atoms with E-state index < -0.39 is 29.5 Å². The maximum Gasteiger partial charge on any atom is 0.322 e. The van der Waals surface area contributed by atoms with Gasteiger partial charge in [0.15, 0.2) is 23.1 Å². The Balaban J connectivity index is 1.81. The van der Waals surface area contributed by atoms with Gasteiger partial charge in [0, 0.05) is 28.9 Å². The number of nitrogens with zero attached hydrogens (tertiary/aromatic N) is 1. The Bertz CT molecular complexity index is 1200. The van der Waals surface area contributed by atoms with E-state index in [4.69, 9.17) is 21.1 Å². The van der Waals surface area contributed by atoms with Crippen molar-refractivity contribution in [2.24, 2.45) is 0 Å². The summed E-state index contributed by atoms with van der Waals surface area (Å²) in [6, 6.07) is 9.29. The van der Waals surface area contributed by atoms with Crippen LogP contribution in [0, 0.1) is 17.5 Å². The Kier molecular flexibility index (Phi) is 6.37. The molecule has 0 spiro atoms. The molecular weight excluding hydrogens is 457 g/mol. The zero-order chi connectivity index (χ0) is 23.7. The molecule has 0 fully saturated rings. The highest BCUT2D eigenvalue weighted by atomic mass is 35.5. The van der Waals surface area contributed by atoms with E-state index in [-0.39, 0.29) is 22.8 Å². The fourth-order valence-corrected chi connectivity index (χ4v) is 4.28. The lowest BCUT2D eigenvalue weighted by Gasteiger charge is -2.38. The van der Waals surface area contributed by atoms with Gasteiger partial charge in [-0.05, 0) is 53.9 Å². The summed E-state index contributed by atoms with van der Waals surface area (Å²) in [7, 11) is 2.99. The Morgan fingerprint density at radius 2 is 1.73 bits per heavy atom. The minimum Gasteiger partial charge on any atom is -0.493 e. The van der Waals surface area contributed by atoms with Gasteiger partial charge in [0.2, 0.25) is 0 Å². The SMILES string of the molecule is COc1cc2c(cc1OC)[C@@H](c1c(F)cccc1Cl)N(C(=O)Nc1ccc(F)c(F)c1)CC2. The first-order valence-electron chi connectivity index (χ1n) is 10.1. The van der Waals surface area contributed by atoms with E-state index in [0.717, 1.165) is 17.7 Å². The fraction of sp³-hybridized carbons (Fsp3) is 0.208. The summed E-state index contributed by atoms with van der Waals surface area (Å²) in [6.07, 6.45) is 0.448. The van der Waals surface area contributed by atoms with Crippen LogP contribution in [0.3, 0.4) is 0 Å². The minimum absolute atomic E-state index is 0.0652. The molecule has 4 rings (SSSR count). The third-order valence-electron chi connectivity index (χ3n) is 5.58. The number of anilines is 1. The summed E-state index contributed by atoms with van der Waals surface area (Å²) in [5, 5.41) is 2.71. The molecule has 2 amide bonds. The number of hydrogen-bond acceptors (Lipinski definition) is 3. The summed E-state index contributed by atoms with van der Waals surface area (Å²) in [4.78, 5) is 14.6. The van der Waals surface area contributed by atoms with Crippen molar-refractivity contribution in [2.45, 2.75) is 12.5 Å². The molecule has 33 heavy (non-hydrogen) atoms. The number of urea groups is 1. The molecule has 1 heterocycles. The van der Waals surface area contributed by atoms with Gasteiger partial charge in [0.05, 0.1) is 20.3 Å². The number of ether oxygens (including phenoxy) is 2. The highest BCUT2D eigenvalue weighted by Gasteiger charge is 2.36. The Hall–Kier alpha value is -3.39. The summed E-state index contributed by atoms with van der Waals surface area (Å²) in [5.41, 5.74) is 1.64. The first-order valence-corrected chi connectivity index (χ1v) is 10.4. The highest BCUT2D eigenvalue weighted by Crippen LogP contribution is 2.43. The average molecular weight is 477 g/mol. The lowest BCUT2D eigenvalue weighted by atomic mass is 9.87. The van der Waals surface area contributed by atoms with Gasteiger partial charge in [-0.25, -0.2) is 18.0 Å². The minimum atomic E-state index is -1.10. The number of hydrogen-bond donors (Lipinski definition) is 1. The summed E-state index contributed by atoms with van der Waals surface area (Å²) >= 11 is 6.38. The average Bonchev–Trinajstić information content (AvgIpc) is 2.80. The molecule has 9 heteroatoms. The molecular formula is C24H20ClF3N2O3. The van der Waals surface area contributed by atoms with E-state index in [1.54, 1.807) is 18.2 Å². The van der Waals surface area contributed by atoms with Gasteiger partial charge in [0.25, 0.3) is 0 Å². The molecule has 1 aliphatic rings. The lowest BCUT2D eigenvalue weighted by Crippen LogP contribution is -2.43. The number of benzene rings is 3. The third-order valence-corrected chi connectivity index (χ3v) is 5.91. The first kappa shape index (κ1) is 22.8. The van der Waals surface area contributed by atoms with Crippen molar-refractivity contribution >= 4 is 23.3 Å². The fourth-order valence-electron chi connectivity index (χ4n) is 4.02. The molecule has 0 bridgehead atoms. The molecule has 0 saturated carbocycles. The quantitative estimate of drug-likeness (QED) is 0.506. The van der Waals surface area contributed by atoms with Gasteiger partial charge in [-0.15, -0.1) is 0 Å². The number of methoxy groups -OCH3 is 2. The van der Waals surface area contributed by atoms with Crippen molar-refractivity contribution in [2.75, 3.05) is 26.1 Å². The second kappa shape index (κ2) is 9.23. The maximum atomic E-state index is 15.0. The standard InChI is InChI=1S/C24H20ClF3N2O3/c1-32-20-10-13-8-9-30(24(31)29-14-6-7-17(26)19(28)11-14)23(15(13)12-21(20)33-2)22-16(25)4-3-5-18(22)27/h3-7,10-12,23H,8-9H2,1-2H3,(H,29,31)/t23-/m0/s1. The van der Waals surface area contributed by atoms with Gasteiger partial charge in [-0.3, -0.25) is 0 Å². The molecule has 1 aliphatic heterocycles. The molecule has 0 aliphatic carbocycles. The lowest BCUT2D eigenvalue weighted by molar-refractivity contribution is 0.192. The molecule has 0 unspecified atom stereocenters. The van der Waals surface area contributed by atoms with Crippen LogP contribution < -0.4 is 14.8 Å². The topological polar surface area (TPSA) is 50.8 Å². The molecule has 3 aromatic rings. The Morgan fingerprint density at radius 1 is 1.00 bits per heavy atom. The zero-order valence-corrected chi connectivity index (χ0v) is 18.6. The second-order valence-electron chi connectivity index (χ2n) is 7.45. The van der Waals surface area contributed by atoms with E-state index in [0.29, 0.717) is 23.5 Å². The molecule has 172 valence electrons. The van der Waals surface area contributed by atoms with E-state index in [1.807, 2.05) is 0 Å². The number of nitrogens with one attached hydrogen (secondary N) is 1. The third kappa shape index (κ3) is 4.30. The predicted octanol–water partition coefficient (Wildman–Crippen LogP) is 5.95. The van der Waals surface area contributed by atoms with E-state index >= 15 is 4.39 Å². The number of halogens is 4. The second-order valence-corrected chi connectivity index (χ2v) is 7.85. The van der Waals surface area contributed by atoms with Crippen molar-refractivity contribution in [3.8, 4) is 11.5 Å². The first-order chi connectivity index (χ1) is 15.8. The molecule has 0 aromatic heterocycles.